The highest BCUT2D eigenvalue weighted by Crippen LogP contribution is 2.44. The normalized spacial score (nSPS) is 19.5. The average molecular weight is 405 g/mol. The molecule has 152 valence electrons. The summed E-state index contributed by atoms with van der Waals surface area (Å²) in [4.78, 5) is 28.7. The molecule has 2 N–H and O–H groups in total. The van der Waals surface area contributed by atoms with Crippen LogP contribution in [0.5, 0.6) is 0 Å². The van der Waals surface area contributed by atoms with Gasteiger partial charge in [0, 0.05) is 17.0 Å². The van der Waals surface area contributed by atoms with E-state index in [9.17, 15) is 14.8 Å². The number of aromatic nitrogens is 2. The molecule has 8 nitrogen and oxygen atoms in total. The van der Waals surface area contributed by atoms with E-state index in [4.69, 9.17) is 4.74 Å². The van der Waals surface area contributed by atoms with Crippen molar-refractivity contribution in [3.63, 3.8) is 0 Å². The number of nitrogens with one attached hydrogen (secondary N) is 1. The Morgan fingerprint density at radius 1 is 1.37 bits per heavy atom. The number of allylic oxidation sites excluding steroid dienone is 1. The van der Waals surface area contributed by atoms with E-state index < -0.39 is 6.23 Å². The van der Waals surface area contributed by atoms with Crippen LogP contribution in [0.4, 0.5) is 5.69 Å². The number of nitroso groups, excluding NO2 is 1. The van der Waals surface area contributed by atoms with E-state index in [1.54, 1.807) is 6.92 Å². The van der Waals surface area contributed by atoms with Crippen molar-refractivity contribution < 1.29 is 19.4 Å². The molecule has 0 saturated heterocycles. The Morgan fingerprint density at radius 2 is 2.17 bits per heavy atom. The van der Waals surface area contributed by atoms with Crippen LogP contribution in [0.25, 0.3) is 11.9 Å². The van der Waals surface area contributed by atoms with Gasteiger partial charge in [-0.15, -0.1) is 0 Å². The summed E-state index contributed by atoms with van der Waals surface area (Å²) in [5, 5.41) is 13.8. The van der Waals surface area contributed by atoms with Crippen molar-refractivity contribution in [3.05, 3.63) is 75.6 Å². The summed E-state index contributed by atoms with van der Waals surface area (Å²) in [6.45, 7) is 2.03. The molecule has 30 heavy (non-hydrogen) atoms. The first-order valence-corrected chi connectivity index (χ1v) is 9.90. The van der Waals surface area contributed by atoms with E-state index >= 15 is 0 Å². The van der Waals surface area contributed by atoms with E-state index in [0.29, 0.717) is 34.3 Å². The van der Waals surface area contributed by atoms with Gasteiger partial charge in [-0.05, 0) is 23.6 Å². The van der Waals surface area contributed by atoms with Crippen molar-refractivity contribution in [2.75, 3.05) is 18.6 Å². The largest absolute Gasteiger partial charge is 0.466 e. The van der Waals surface area contributed by atoms with Gasteiger partial charge in [-0.25, -0.2) is 4.98 Å². The molecule has 0 unspecified atom stereocenters. The monoisotopic (exact) mass is 405 g/mol. The van der Waals surface area contributed by atoms with Gasteiger partial charge in [0.05, 0.1) is 22.6 Å². The Balaban J connectivity index is 1.71. The Bertz CT molecular complexity index is 1150. The third-order valence-corrected chi connectivity index (χ3v) is 5.60. The maximum absolute atomic E-state index is 12.2. The number of carbonyl (C=O) groups is 1. The molecule has 5 rings (SSSR count). The number of benzene rings is 1. The van der Waals surface area contributed by atoms with Gasteiger partial charge in [-0.1, -0.05) is 42.5 Å². The summed E-state index contributed by atoms with van der Waals surface area (Å²) in [6.07, 6.45) is 4.71. The Labute approximate surface area is 172 Å². The number of esters is 1. The second-order valence-corrected chi connectivity index (χ2v) is 7.36. The summed E-state index contributed by atoms with van der Waals surface area (Å²) in [6, 6.07) is 10.0. The van der Waals surface area contributed by atoms with E-state index in [1.165, 1.54) is 0 Å². The molecule has 3 heterocycles. The van der Waals surface area contributed by atoms with Crippen molar-refractivity contribution >= 4 is 17.7 Å². The van der Waals surface area contributed by atoms with E-state index in [2.05, 4.69) is 16.4 Å². The number of nitrogens with zero attached hydrogens (tertiary/aromatic N) is 3. The van der Waals surface area contributed by atoms with Crippen LogP contribution in [0.2, 0.25) is 0 Å². The number of aliphatic hydroxyl groups excluding tert-OH is 1. The number of rotatable bonds is 4. The maximum atomic E-state index is 12.2. The smallest absolute Gasteiger partial charge is 0.334 e. The van der Waals surface area contributed by atoms with Gasteiger partial charge in [0.1, 0.15) is 12.2 Å². The third kappa shape index (κ3) is 2.80. The number of ether oxygens (including phenoxy) is 1. The van der Waals surface area contributed by atoms with Crippen LogP contribution < -0.4 is 5.32 Å². The maximum Gasteiger partial charge on any atom is 0.334 e. The van der Waals surface area contributed by atoms with E-state index in [1.807, 2.05) is 47.2 Å². The van der Waals surface area contributed by atoms with Crippen molar-refractivity contribution in [1.82, 2.24) is 9.55 Å². The van der Waals surface area contributed by atoms with E-state index in [0.717, 1.165) is 16.7 Å². The molecule has 0 amide bonds. The second-order valence-electron chi connectivity index (χ2n) is 7.36. The van der Waals surface area contributed by atoms with Gasteiger partial charge in [0.25, 0.3) is 6.67 Å². The molecule has 4 aliphatic rings. The third-order valence-electron chi connectivity index (χ3n) is 5.60. The van der Waals surface area contributed by atoms with Crippen molar-refractivity contribution in [1.29, 1.82) is 0 Å². The first-order chi connectivity index (χ1) is 14.6. The quantitative estimate of drug-likeness (QED) is 0.512. The van der Waals surface area contributed by atoms with Crippen LogP contribution in [0.3, 0.4) is 0 Å². The lowest BCUT2D eigenvalue weighted by molar-refractivity contribution is -0.632. The number of aliphatic hydroxyl groups is 1. The minimum Gasteiger partial charge on any atom is -0.466 e. The zero-order chi connectivity index (χ0) is 20.8. The van der Waals surface area contributed by atoms with Gasteiger partial charge in [0.15, 0.2) is 5.82 Å². The lowest BCUT2D eigenvalue weighted by Gasteiger charge is -2.23. The SMILES string of the molecule is CCOC(=O)Cc1nc2c3c(c4c(cn1-2)[C@H](c1ccccc1)C=C4)[C@H](O)[N+](=O)CN3. The molecule has 1 aromatic carbocycles. The number of hydrogen-bond acceptors (Lipinski definition) is 6. The number of hydrogen-bond donors (Lipinski definition) is 2. The molecule has 0 fully saturated rings. The second kappa shape index (κ2) is 7.07. The molecule has 1 aromatic rings. The number of anilines is 1. The number of fused-ring (bicyclic) bond motifs is 5. The predicted molar refractivity (Wildman–Crippen MR) is 109 cm³/mol. The Hall–Kier alpha value is -3.52. The lowest BCUT2D eigenvalue weighted by Crippen LogP contribution is -2.31. The average Bonchev–Trinajstić information content (AvgIpc) is 3.11. The fraction of sp³-hybridized carbons (Fsp3) is 0.273. The molecule has 3 aliphatic heterocycles. The standard InChI is InChI=1S/C22H21N4O4/c1-2-30-18(27)10-17-24-21-20-19(22(28)26(29)12-23-20)15-9-8-14(16(15)11-25(17)21)13-6-4-3-5-7-13/h3-9,11,14,22-23,28H,2,10,12H2,1H3/q+1/t14-,22-/m0/s1. The molecule has 1 aliphatic carbocycles. The van der Waals surface area contributed by atoms with Gasteiger partial charge >= 0.3 is 12.2 Å². The van der Waals surface area contributed by atoms with Gasteiger partial charge in [-0.2, -0.15) is 0 Å². The molecular formula is C22H21N4O4+. The first-order valence-electron chi connectivity index (χ1n) is 9.90. The fourth-order valence-corrected chi connectivity index (χ4v) is 4.22. The summed E-state index contributed by atoms with van der Waals surface area (Å²) >= 11 is 0. The molecular weight excluding hydrogens is 384 g/mol. The van der Waals surface area contributed by atoms with Crippen LogP contribution >= 0.6 is 0 Å². The highest BCUT2D eigenvalue weighted by molar-refractivity contribution is 5.78. The molecule has 2 atom stereocenters. The molecule has 0 spiro atoms. The Kier molecular flexibility index (Phi) is 4.36. The minimum absolute atomic E-state index is 0.0343. The summed E-state index contributed by atoms with van der Waals surface area (Å²) in [5.74, 6) is 0.783. The first kappa shape index (κ1) is 18.5. The summed E-state index contributed by atoms with van der Waals surface area (Å²) < 4.78 is 7.53. The zero-order valence-corrected chi connectivity index (χ0v) is 16.4. The predicted octanol–water partition coefficient (Wildman–Crippen LogP) is 2.73. The van der Waals surface area contributed by atoms with Gasteiger partial charge < -0.3 is 15.2 Å². The highest BCUT2D eigenvalue weighted by Gasteiger charge is 2.40. The van der Waals surface area contributed by atoms with Gasteiger partial charge in [0.2, 0.25) is 0 Å². The topological polar surface area (TPSA) is 96.5 Å². The summed E-state index contributed by atoms with van der Waals surface area (Å²) in [5.41, 5.74) is 3.96. The molecule has 0 saturated carbocycles. The van der Waals surface area contributed by atoms with Crippen molar-refractivity contribution in [2.24, 2.45) is 0 Å². The lowest BCUT2D eigenvalue weighted by atomic mass is 9.93. The van der Waals surface area contributed by atoms with Crippen LogP contribution in [-0.4, -0.2) is 38.7 Å². The highest BCUT2D eigenvalue weighted by atomic mass is 16.5. The van der Waals surface area contributed by atoms with Gasteiger partial charge in [-0.3, -0.25) is 9.36 Å². The molecule has 0 bridgehead atoms. The minimum atomic E-state index is -1.30. The van der Waals surface area contributed by atoms with Crippen molar-refractivity contribution in [3.8, 4) is 5.82 Å². The molecule has 8 heteroatoms. The zero-order valence-electron chi connectivity index (χ0n) is 16.4. The fourth-order valence-electron chi connectivity index (χ4n) is 4.22. The summed E-state index contributed by atoms with van der Waals surface area (Å²) in [7, 11) is 0. The van der Waals surface area contributed by atoms with E-state index in [-0.39, 0.29) is 25.0 Å². The van der Waals surface area contributed by atoms with Crippen LogP contribution in [0.1, 0.15) is 47.1 Å². The Morgan fingerprint density at radius 3 is 2.93 bits per heavy atom. The van der Waals surface area contributed by atoms with Crippen LogP contribution in [0.15, 0.2) is 42.6 Å². The number of carbonyl (C=O) groups excluding carboxylic acids is 1. The van der Waals surface area contributed by atoms with Crippen LogP contribution in [0, 0.1) is 4.91 Å². The molecule has 0 aromatic heterocycles. The van der Waals surface area contributed by atoms with Crippen molar-refractivity contribution in [2.45, 2.75) is 25.5 Å². The molecule has 0 radical (unpaired) electrons. The van der Waals surface area contributed by atoms with Crippen LogP contribution in [-0.2, 0) is 16.0 Å².